The number of rotatable bonds is 7. The van der Waals surface area contributed by atoms with Crippen LogP contribution in [0.5, 0.6) is 5.75 Å². The van der Waals surface area contributed by atoms with Crippen molar-refractivity contribution in [2.45, 2.75) is 25.8 Å². The van der Waals surface area contributed by atoms with E-state index >= 15 is 0 Å². The van der Waals surface area contributed by atoms with E-state index in [0.717, 1.165) is 5.56 Å². The third-order valence-electron chi connectivity index (χ3n) is 4.79. The molecule has 0 aliphatic carbocycles. The van der Waals surface area contributed by atoms with Crippen LogP contribution in [0.1, 0.15) is 29.8 Å². The predicted molar refractivity (Wildman–Crippen MR) is 119 cm³/mol. The second-order valence-corrected chi connectivity index (χ2v) is 8.11. The molecule has 3 aromatic rings. The van der Waals surface area contributed by atoms with Gasteiger partial charge in [0.2, 0.25) is 0 Å². The predicted octanol–water partition coefficient (Wildman–Crippen LogP) is 2.87. The maximum Gasteiger partial charge on any atom is 0.257 e. The number of amides is 1. The lowest BCUT2D eigenvalue weighted by atomic mass is 9.94. The summed E-state index contributed by atoms with van der Waals surface area (Å²) in [6, 6.07) is 14.4. The molecule has 0 fully saturated rings. The Morgan fingerprint density at radius 2 is 1.60 bits per heavy atom. The Labute approximate surface area is 174 Å². The van der Waals surface area contributed by atoms with Crippen molar-refractivity contribution in [3.63, 3.8) is 0 Å². The monoisotopic (exact) mass is 407 g/mol. The maximum atomic E-state index is 12.2. The molecule has 0 aliphatic heterocycles. The first-order valence-electron chi connectivity index (χ1n) is 9.57. The summed E-state index contributed by atoms with van der Waals surface area (Å²) in [6.07, 6.45) is 0.643. The number of nitrogens with one attached hydrogen (secondary N) is 2. The summed E-state index contributed by atoms with van der Waals surface area (Å²) in [5.41, 5.74) is -0.159. The van der Waals surface area contributed by atoms with Gasteiger partial charge in [0.15, 0.2) is 5.75 Å². The maximum absolute atomic E-state index is 12.2. The second-order valence-electron chi connectivity index (χ2n) is 8.11. The van der Waals surface area contributed by atoms with Crippen molar-refractivity contribution in [3.05, 3.63) is 80.1 Å². The first-order valence-corrected chi connectivity index (χ1v) is 9.57. The molecule has 3 N–H and O–H groups in total. The molecule has 0 radical (unpaired) electrons. The van der Waals surface area contributed by atoms with Crippen molar-refractivity contribution >= 4 is 23.0 Å². The normalized spacial score (nSPS) is 11.3. The summed E-state index contributed by atoms with van der Waals surface area (Å²) in [7, 11) is 3.16. The highest BCUT2D eigenvalue weighted by molar-refractivity contribution is 5.99. The van der Waals surface area contributed by atoms with Crippen molar-refractivity contribution < 1.29 is 9.90 Å². The van der Waals surface area contributed by atoms with Crippen LogP contribution in [0.15, 0.2) is 58.1 Å². The summed E-state index contributed by atoms with van der Waals surface area (Å²) >= 11 is 0. The number of hydrogen-bond donors (Lipinski definition) is 3. The lowest BCUT2D eigenvalue weighted by Crippen LogP contribution is -2.43. The first-order chi connectivity index (χ1) is 14.1. The van der Waals surface area contributed by atoms with Gasteiger partial charge < -0.3 is 20.6 Å². The van der Waals surface area contributed by atoms with E-state index in [1.165, 1.54) is 17.0 Å². The average Bonchev–Trinajstić information content (AvgIpc) is 2.71. The van der Waals surface area contributed by atoms with E-state index in [2.05, 4.69) is 10.6 Å². The van der Waals surface area contributed by atoms with Crippen LogP contribution >= 0.6 is 0 Å². The molecular formula is C23H25N3O4. The van der Waals surface area contributed by atoms with Gasteiger partial charge in [0, 0.05) is 19.6 Å². The molecule has 1 amide bonds. The van der Waals surface area contributed by atoms with E-state index in [-0.39, 0.29) is 34.3 Å². The summed E-state index contributed by atoms with van der Waals surface area (Å²) in [5.74, 6) is -0.651. The number of benzene rings is 2. The molecule has 0 saturated carbocycles. The summed E-state index contributed by atoms with van der Waals surface area (Å²) in [4.78, 5) is 38.0. The molecular weight excluding hydrogens is 382 g/mol. The third kappa shape index (κ3) is 4.20. The summed E-state index contributed by atoms with van der Waals surface area (Å²) < 4.78 is 0. The molecule has 0 saturated heterocycles. The number of aromatic hydroxyl groups is 1. The number of carbonyl (C=O) groups is 1. The fourth-order valence-corrected chi connectivity index (χ4v) is 3.31. The quantitative estimate of drug-likeness (QED) is 0.412. The molecule has 0 bridgehead atoms. The lowest BCUT2D eigenvalue weighted by Gasteiger charge is -2.29. The average molecular weight is 407 g/mol. The number of nitrogens with zero attached hydrogens (tertiary/aromatic N) is 1. The number of phenols is 1. The zero-order chi connectivity index (χ0) is 22.1. The van der Waals surface area contributed by atoms with E-state index in [9.17, 15) is 19.5 Å². The van der Waals surface area contributed by atoms with E-state index in [1.54, 1.807) is 20.2 Å². The van der Waals surface area contributed by atoms with Crippen molar-refractivity contribution in [2.24, 2.45) is 0 Å². The Kier molecular flexibility index (Phi) is 5.64. The number of phenolic OH excluding ortho intramolecular Hbond substituents is 1. The Balaban J connectivity index is 1.86. The summed E-state index contributed by atoms with van der Waals surface area (Å²) in [5, 5.41) is 16.5. The zero-order valence-electron chi connectivity index (χ0n) is 17.4. The fourth-order valence-electron chi connectivity index (χ4n) is 3.31. The first kappa shape index (κ1) is 21.1. The molecule has 0 aliphatic rings. The number of carbonyl (C=O) groups excluding carboxylic acids is 1. The van der Waals surface area contributed by atoms with Crippen LogP contribution in [-0.4, -0.2) is 35.5 Å². The molecule has 7 heteroatoms. The van der Waals surface area contributed by atoms with Crippen LogP contribution in [0.25, 0.3) is 0 Å². The van der Waals surface area contributed by atoms with Crippen LogP contribution in [0.3, 0.4) is 0 Å². The van der Waals surface area contributed by atoms with Crippen molar-refractivity contribution in [1.82, 2.24) is 4.90 Å². The van der Waals surface area contributed by atoms with Gasteiger partial charge in [0.1, 0.15) is 11.4 Å². The molecule has 0 unspecified atom stereocenters. The van der Waals surface area contributed by atoms with Gasteiger partial charge in [-0.1, -0.05) is 36.4 Å². The van der Waals surface area contributed by atoms with Crippen LogP contribution in [-0.2, 0) is 6.42 Å². The molecule has 0 heterocycles. The highest BCUT2D eigenvalue weighted by atomic mass is 16.3. The van der Waals surface area contributed by atoms with Crippen LogP contribution < -0.4 is 21.5 Å². The van der Waals surface area contributed by atoms with Gasteiger partial charge in [-0.3, -0.25) is 14.4 Å². The molecule has 3 rings (SSSR count). The zero-order valence-corrected chi connectivity index (χ0v) is 17.4. The molecule has 7 nitrogen and oxygen atoms in total. The number of anilines is 3. The minimum Gasteiger partial charge on any atom is -0.505 e. The van der Waals surface area contributed by atoms with Gasteiger partial charge in [-0.15, -0.1) is 0 Å². The highest BCUT2D eigenvalue weighted by Crippen LogP contribution is 2.32. The van der Waals surface area contributed by atoms with Crippen molar-refractivity contribution in [3.8, 4) is 5.75 Å². The fraction of sp³-hybridized carbons (Fsp3) is 0.261. The van der Waals surface area contributed by atoms with Gasteiger partial charge in [-0.2, -0.15) is 0 Å². The highest BCUT2D eigenvalue weighted by Gasteiger charge is 2.28. The lowest BCUT2D eigenvalue weighted by molar-refractivity contribution is 0.0824. The van der Waals surface area contributed by atoms with Gasteiger partial charge in [0.25, 0.3) is 16.8 Å². The number of hydrogen-bond acceptors (Lipinski definition) is 6. The Morgan fingerprint density at radius 1 is 0.967 bits per heavy atom. The van der Waals surface area contributed by atoms with E-state index in [4.69, 9.17) is 0 Å². The molecule has 30 heavy (non-hydrogen) atoms. The molecule has 0 spiro atoms. The van der Waals surface area contributed by atoms with Gasteiger partial charge in [0.05, 0.1) is 11.3 Å². The molecule has 0 aromatic heterocycles. The van der Waals surface area contributed by atoms with Gasteiger partial charge in [-0.25, -0.2) is 0 Å². The van der Waals surface area contributed by atoms with Gasteiger partial charge in [-0.05, 0) is 38.0 Å². The minimum absolute atomic E-state index is 0.0749. The Bertz CT molecular complexity index is 1140. The Morgan fingerprint density at radius 3 is 2.23 bits per heavy atom. The van der Waals surface area contributed by atoms with Crippen LogP contribution in [0.4, 0.5) is 17.1 Å². The SMILES string of the molecule is CN(C)C(=O)c1cccc(Nc2c(NC(C)(C)Cc3ccccc3)c(=O)c2=O)c1O. The standard InChI is InChI=1S/C23H25N3O4/c1-23(2,13-14-9-6-5-7-10-14)25-18-17(20(28)21(18)29)24-16-12-8-11-15(19(16)27)22(30)26(3)4/h5-12,24-25,27H,13H2,1-4H3. The van der Waals surface area contributed by atoms with E-state index in [1.807, 2.05) is 44.2 Å². The second kappa shape index (κ2) is 8.02. The number of para-hydroxylation sites is 1. The van der Waals surface area contributed by atoms with Crippen LogP contribution in [0.2, 0.25) is 0 Å². The van der Waals surface area contributed by atoms with E-state index in [0.29, 0.717) is 6.42 Å². The molecule has 3 aromatic carbocycles. The molecule has 0 atom stereocenters. The van der Waals surface area contributed by atoms with Crippen LogP contribution in [0, 0.1) is 0 Å². The largest absolute Gasteiger partial charge is 0.505 e. The Hall–Kier alpha value is -3.61. The topological polar surface area (TPSA) is 98.7 Å². The third-order valence-corrected chi connectivity index (χ3v) is 4.79. The molecule has 156 valence electrons. The van der Waals surface area contributed by atoms with E-state index < -0.39 is 16.4 Å². The van der Waals surface area contributed by atoms with Crippen molar-refractivity contribution in [1.29, 1.82) is 0 Å². The van der Waals surface area contributed by atoms with Gasteiger partial charge >= 0.3 is 0 Å². The van der Waals surface area contributed by atoms with Crippen molar-refractivity contribution in [2.75, 3.05) is 24.7 Å². The smallest absolute Gasteiger partial charge is 0.257 e. The summed E-state index contributed by atoms with van der Waals surface area (Å²) in [6.45, 7) is 3.88. The minimum atomic E-state index is -0.670.